The number of likely N-dealkylation sites (N-methyl/N-ethyl adjacent to an activating group) is 1. The zero-order valence-electron chi connectivity index (χ0n) is 11.1. The Hall–Kier alpha value is -0.580. The van der Waals surface area contributed by atoms with Crippen molar-refractivity contribution in [2.24, 2.45) is 0 Å². The molecule has 0 radical (unpaired) electrons. The van der Waals surface area contributed by atoms with Crippen LogP contribution >= 0.6 is 15.9 Å². The van der Waals surface area contributed by atoms with Crippen LogP contribution in [-0.4, -0.2) is 43.8 Å². The molecule has 1 aromatic rings. The highest BCUT2D eigenvalue weighted by molar-refractivity contribution is 9.10. The van der Waals surface area contributed by atoms with Gasteiger partial charge >= 0.3 is 0 Å². The van der Waals surface area contributed by atoms with Gasteiger partial charge < -0.3 is 10.1 Å². The normalized spacial score (nSPS) is 20.9. The Morgan fingerprint density at radius 3 is 3.06 bits per heavy atom. The Morgan fingerprint density at radius 1 is 1.50 bits per heavy atom. The minimum Gasteiger partial charge on any atom is -0.381 e. The second-order valence-corrected chi connectivity index (χ2v) is 5.60. The van der Waals surface area contributed by atoms with Crippen molar-refractivity contribution in [3.05, 3.63) is 28.2 Å². The topological polar surface area (TPSA) is 24.5 Å². The number of hydrogen-bond acceptors (Lipinski definition) is 3. The molecule has 1 aliphatic rings. The molecular weight excluding hydrogens is 292 g/mol. The molecule has 1 unspecified atom stereocenters. The van der Waals surface area contributed by atoms with Crippen LogP contribution in [0.4, 0.5) is 5.69 Å². The quantitative estimate of drug-likeness (QED) is 0.925. The van der Waals surface area contributed by atoms with Gasteiger partial charge in [-0.15, -0.1) is 0 Å². The molecule has 1 aliphatic heterocycles. The van der Waals surface area contributed by atoms with E-state index in [9.17, 15) is 0 Å². The van der Waals surface area contributed by atoms with Crippen molar-refractivity contribution in [2.45, 2.75) is 20.0 Å². The summed E-state index contributed by atoms with van der Waals surface area (Å²) in [6, 6.07) is 6.36. The molecule has 3 nitrogen and oxygen atoms in total. The fourth-order valence-electron chi connectivity index (χ4n) is 2.18. The maximum absolute atomic E-state index is 5.78. The van der Waals surface area contributed by atoms with Gasteiger partial charge in [-0.3, -0.25) is 4.90 Å². The van der Waals surface area contributed by atoms with Crippen LogP contribution in [0.1, 0.15) is 12.5 Å². The van der Waals surface area contributed by atoms with Gasteiger partial charge in [0.1, 0.15) is 0 Å². The maximum Gasteiger partial charge on any atom is 0.0874 e. The maximum atomic E-state index is 5.78. The van der Waals surface area contributed by atoms with Crippen molar-refractivity contribution in [2.75, 3.05) is 38.1 Å². The van der Waals surface area contributed by atoms with Crippen LogP contribution in [0.5, 0.6) is 0 Å². The van der Waals surface area contributed by atoms with E-state index in [4.69, 9.17) is 4.74 Å². The van der Waals surface area contributed by atoms with Crippen molar-refractivity contribution in [1.82, 2.24) is 4.90 Å². The summed E-state index contributed by atoms with van der Waals surface area (Å²) in [7, 11) is 0. The lowest BCUT2D eigenvalue weighted by atomic mass is 10.2. The van der Waals surface area contributed by atoms with Crippen LogP contribution < -0.4 is 5.32 Å². The minimum absolute atomic E-state index is 0.284. The summed E-state index contributed by atoms with van der Waals surface area (Å²) in [4.78, 5) is 2.43. The summed E-state index contributed by atoms with van der Waals surface area (Å²) in [5, 5.41) is 3.46. The molecule has 0 aliphatic carbocycles. The van der Waals surface area contributed by atoms with E-state index in [2.05, 4.69) is 58.2 Å². The largest absolute Gasteiger partial charge is 0.381 e. The molecule has 1 saturated heterocycles. The van der Waals surface area contributed by atoms with E-state index in [1.54, 1.807) is 0 Å². The molecule has 100 valence electrons. The number of ether oxygens (including phenoxy) is 1. The number of aryl methyl sites for hydroxylation is 1. The molecule has 1 N–H and O–H groups in total. The molecule has 1 heterocycles. The Bertz CT molecular complexity index is 397. The van der Waals surface area contributed by atoms with Crippen molar-refractivity contribution in [3.63, 3.8) is 0 Å². The summed E-state index contributed by atoms with van der Waals surface area (Å²) in [5.74, 6) is 0. The van der Waals surface area contributed by atoms with Gasteiger partial charge in [-0.2, -0.15) is 0 Å². The first-order chi connectivity index (χ1) is 8.69. The number of nitrogens with one attached hydrogen (secondary N) is 1. The zero-order chi connectivity index (χ0) is 13.0. The monoisotopic (exact) mass is 312 g/mol. The highest BCUT2D eigenvalue weighted by atomic mass is 79.9. The fraction of sp³-hybridized carbons (Fsp3) is 0.571. The van der Waals surface area contributed by atoms with Crippen LogP contribution in [0.25, 0.3) is 0 Å². The lowest BCUT2D eigenvalue weighted by Crippen LogP contribution is -2.45. The third kappa shape index (κ3) is 3.70. The minimum atomic E-state index is 0.284. The number of anilines is 1. The Kier molecular flexibility index (Phi) is 5.03. The van der Waals surface area contributed by atoms with Crippen molar-refractivity contribution >= 4 is 21.6 Å². The van der Waals surface area contributed by atoms with E-state index in [0.29, 0.717) is 0 Å². The van der Waals surface area contributed by atoms with Crippen LogP contribution in [0.3, 0.4) is 0 Å². The lowest BCUT2D eigenvalue weighted by molar-refractivity contribution is -0.0191. The first-order valence-corrected chi connectivity index (χ1v) is 7.32. The molecule has 0 bridgehead atoms. The van der Waals surface area contributed by atoms with Crippen molar-refractivity contribution in [1.29, 1.82) is 0 Å². The third-order valence-corrected chi connectivity index (χ3v) is 3.97. The van der Waals surface area contributed by atoms with Crippen molar-refractivity contribution < 1.29 is 4.74 Å². The molecule has 0 aromatic heterocycles. The molecule has 1 atom stereocenters. The predicted octanol–water partition coefficient (Wildman–Crippen LogP) is 2.89. The second kappa shape index (κ2) is 6.55. The Labute approximate surface area is 118 Å². The number of rotatable bonds is 4. The average molecular weight is 313 g/mol. The summed E-state index contributed by atoms with van der Waals surface area (Å²) >= 11 is 3.58. The molecule has 2 rings (SSSR count). The SMILES string of the molecule is CCN1CCOC(CNc2ccc(C)cc2Br)C1. The standard InChI is InChI=1S/C14H21BrN2O/c1-3-17-6-7-18-12(10-17)9-16-14-5-4-11(2)8-13(14)15/h4-5,8,12,16H,3,6-7,9-10H2,1-2H3. The van der Waals surface area contributed by atoms with Gasteiger partial charge in [0.15, 0.2) is 0 Å². The van der Waals surface area contributed by atoms with Crippen LogP contribution in [-0.2, 0) is 4.74 Å². The number of benzene rings is 1. The molecule has 0 saturated carbocycles. The zero-order valence-corrected chi connectivity index (χ0v) is 12.7. The number of morpholine rings is 1. The molecule has 0 spiro atoms. The molecular formula is C14H21BrN2O. The van der Waals surface area contributed by atoms with Crippen LogP contribution in [0, 0.1) is 6.92 Å². The number of nitrogens with zero attached hydrogens (tertiary/aromatic N) is 1. The Balaban J connectivity index is 1.87. The summed E-state index contributed by atoms with van der Waals surface area (Å²) in [5.41, 5.74) is 2.40. The van der Waals surface area contributed by atoms with Gasteiger partial charge in [-0.25, -0.2) is 0 Å². The Morgan fingerprint density at radius 2 is 2.33 bits per heavy atom. The summed E-state index contributed by atoms with van der Waals surface area (Å²) in [6.07, 6.45) is 0.284. The molecule has 18 heavy (non-hydrogen) atoms. The van der Waals surface area contributed by atoms with E-state index in [1.165, 1.54) is 5.56 Å². The van der Waals surface area contributed by atoms with E-state index in [1.807, 2.05) is 0 Å². The van der Waals surface area contributed by atoms with E-state index >= 15 is 0 Å². The second-order valence-electron chi connectivity index (χ2n) is 4.75. The molecule has 4 heteroatoms. The van der Waals surface area contributed by atoms with Gasteiger partial charge in [0.05, 0.1) is 12.7 Å². The molecule has 0 amide bonds. The summed E-state index contributed by atoms with van der Waals surface area (Å²) < 4.78 is 6.89. The van der Waals surface area contributed by atoms with Crippen LogP contribution in [0.15, 0.2) is 22.7 Å². The third-order valence-electron chi connectivity index (χ3n) is 3.31. The molecule has 1 fully saturated rings. The van der Waals surface area contributed by atoms with E-state index in [-0.39, 0.29) is 6.10 Å². The lowest BCUT2D eigenvalue weighted by Gasteiger charge is -2.32. The fourth-order valence-corrected chi connectivity index (χ4v) is 2.81. The number of hydrogen-bond donors (Lipinski definition) is 1. The predicted molar refractivity (Wildman–Crippen MR) is 79.2 cm³/mol. The van der Waals surface area contributed by atoms with Gasteiger partial charge in [0, 0.05) is 29.8 Å². The molecule has 1 aromatic carbocycles. The van der Waals surface area contributed by atoms with Gasteiger partial charge in [-0.05, 0) is 47.1 Å². The van der Waals surface area contributed by atoms with Gasteiger partial charge in [0.25, 0.3) is 0 Å². The van der Waals surface area contributed by atoms with Gasteiger partial charge in [0.2, 0.25) is 0 Å². The highest BCUT2D eigenvalue weighted by Gasteiger charge is 2.18. The first kappa shape index (κ1) is 13.8. The van der Waals surface area contributed by atoms with Gasteiger partial charge in [-0.1, -0.05) is 13.0 Å². The van der Waals surface area contributed by atoms with E-state index in [0.717, 1.165) is 42.9 Å². The number of halogens is 1. The first-order valence-electron chi connectivity index (χ1n) is 6.53. The average Bonchev–Trinajstić information content (AvgIpc) is 2.38. The summed E-state index contributed by atoms with van der Waals surface area (Å²) in [6.45, 7) is 9.18. The smallest absolute Gasteiger partial charge is 0.0874 e. The van der Waals surface area contributed by atoms with Crippen molar-refractivity contribution in [3.8, 4) is 0 Å². The van der Waals surface area contributed by atoms with E-state index < -0.39 is 0 Å². The highest BCUT2D eigenvalue weighted by Crippen LogP contribution is 2.23. The van der Waals surface area contributed by atoms with Crippen LogP contribution in [0.2, 0.25) is 0 Å².